The van der Waals surface area contributed by atoms with Gasteiger partial charge in [-0.3, -0.25) is 4.79 Å². The molecule has 0 aliphatic carbocycles. The van der Waals surface area contributed by atoms with Crippen LogP contribution in [0.1, 0.15) is 20.3 Å². The summed E-state index contributed by atoms with van der Waals surface area (Å²) >= 11 is 3.07. The quantitative estimate of drug-likeness (QED) is 0.778. The van der Waals surface area contributed by atoms with Gasteiger partial charge in [0.25, 0.3) is 0 Å². The van der Waals surface area contributed by atoms with Gasteiger partial charge in [0.2, 0.25) is 15.9 Å². The predicted octanol–water partition coefficient (Wildman–Crippen LogP) is 1.53. The molecule has 6 nitrogen and oxygen atoms in total. The van der Waals surface area contributed by atoms with Gasteiger partial charge in [-0.15, -0.1) is 0 Å². The molecule has 1 rings (SSSR count). The molecule has 0 bridgehead atoms. The van der Waals surface area contributed by atoms with E-state index in [9.17, 15) is 17.6 Å². The number of amides is 1. The monoisotopic (exact) mass is 382 g/mol. The van der Waals surface area contributed by atoms with Crippen molar-refractivity contribution in [2.24, 2.45) is 5.14 Å². The van der Waals surface area contributed by atoms with Gasteiger partial charge in [-0.25, -0.2) is 17.9 Å². The van der Waals surface area contributed by atoms with Gasteiger partial charge in [-0.05, 0) is 35.8 Å². The number of primary sulfonamides is 1. The first-order chi connectivity index (χ1) is 9.61. The number of benzene rings is 1. The van der Waals surface area contributed by atoms with Crippen molar-refractivity contribution in [3.05, 3.63) is 22.4 Å². The van der Waals surface area contributed by atoms with Gasteiger partial charge in [-0.1, -0.05) is 0 Å². The Morgan fingerprint density at radius 3 is 2.62 bits per heavy atom. The molecule has 0 heterocycles. The van der Waals surface area contributed by atoms with E-state index in [0.29, 0.717) is 0 Å². The minimum atomic E-state index is -4.14. The molecule has 9 heteroatoms. The zero-order valence-electron chi connectivity index (χ0n) is 11.5. The zero-order chi connectivity index (χ0) is 16.2. The first kappa shape index (κ1) is 17.9. The number of ether oxygens (including phenoxy) is 1. The molecule has 1 aromatic carbocycles. The van der Waals surface area contributed by atoms with E-state index in [1.165, 1.54) is 0 Å². The first-order valence-electron chi connectivity index (χ1n) is 6.05. The van der Waals surface area contributed by atoms with E-state index in [1.54, 1.807) is 0 Å². The largest absolute Gasteiger partial charge is 0.492 e. The molecule has 0 fully saturated rings. The lowest BCUT2D eigenvalue weighted by Gasteiger charge is -2.11. The van der Waals surface area contributed by atoms with E-state index >= 15 is 0 Å². The molecule has 0 aliphatic heterocycles. The van der Waals surface area contributed by atoms with Crippen molar-refractivity contribution < 1.29 is 22.3 Å². The van der Waals surface area contributed by atoms with Crippen molar-refractivity contribution in [3.8, 4) is 5.75 Å². The van der Waals surface area contributed by atoms with Crippen LogP contribution in [0.3, 0.4) is 0 Å². The molecule has 1 aromatic rings. The van der Waals surface area contributed by atoms with E-state index in [2.05, 4.69) is 21.2 Å². The van der Waals surface area contributed by atoms with Crippen LogP contribution in [-0.4, -0.2) is 27.0 Å². The second-order valence-electron chi connectivity index (χ2n) is 4.58. The number of sulfonamides is 1. The molecular formula is C12H16BrFN2O4S. The number of carbonyl (C=O) groups is 1. The van der Waals surface area contributed by atoms with Crippen molar-refractivity contribution >= 4 is 31.9 Å². The highest BCUT2D eigenvalue weighted by Gasteiger charge is 2.18. The summed E-state index contributed by atoms with van der Waals surface area (Å²) in [6.45, 7) is 3.69. The number of nitrogens with one attached hydrogen (secondary N) is 1. The molecule has 0 aliphatic rings. The van der Waals surface area contributed by atoms with Gasteiger partial charge >= 0.3 is 0 Å². The second-order valence-corrected chi connectivity index (χ2v) is 6.96. The Kier molecular flexibility index (Phi) is 6.11. The average molecular weight is 383 g/mol. The summed E-state index contributed by atoms with van der Waals surface area (Å²) in [7, 11) is -4.14. The lowest BCUT2D eigenvalue weighted by Crippen LogP contribution is -2.31. The molecule has 21 heavy (non-hydrogen) atoms. The third kappa shape index (κ3) is 5.60. The molecule has 0 atom stereocenters. The number of hydrogen-bond donors (Lipinski definition) is 2. The SMILES string of the molecule is CC(C)NC(=O)CCOc1cc(F)c(S(N)(=O)=O)cc1Br. The van der Waals surface area contributed by atoms with Gasteiger partial charge in [0, 0.05) is 12.1 Å². The van der Waals surface area contributed by atoms with Crippen molar-refractivity contribution in [1.29, 1.82) is 0 Å². The molecule has 0 saturated carbocycles. The van der Waals surface area contributed by atoms with Crippen molar-refractivity contribution in [2.45, 2.75) is 31.2 Å². The third-order valence-electron chi connectivity index (χ3n) is 2.33. The van der Waals surface area contributed by atoms with Crippen molar-refractivity contribution in [2.75, 3.05) is 6.61 Å². The minimum absolute atomic E-state index is 0.0238. The topological polar surface area (TPSA) is 98.5 Å². The Morgan fingerprint density at radius 1 is 1.48 bits per heavy atom. The highest BCUT2D eigenvalue weighted by molar-refractivity contribution is 9.10. The van der Waals surface area contributed by atoms with Crippen molar-refractivity contribution in [3.63, 3.8) is 0 Å². The van der Waals surface area contributed by atoms with Gasteiger partial charge in [0.1, 0.15) is 16.5 Å². The van der Waals surface area contributed by atoms with Gasteiger partial charge in [0.15, 0.2) is 0 Å². The first-order valence-corrected chi connectivity index (χ1v) is 8.39. The summed E-state index contributed by atoms with van der Waals surface area (Å²) in [6, 6.07) is 1.95. The lowest BCUT2D eigenvalue weighted by molar-refractivity contribution is -0.122. The van der Waals surface area contributed by atoms with E-state index in [0.717, 1.165) is 12.1 Å². The summed E-state index contributed by atoms with van der Waals surface area (Å²) in [5.41, 5.74) is 0. The Balaban J connectivity index is 2.74. The normalized spacial score (nSPS) is 11.5. The van der Waals surface area contributed by atoms with Crippen LogP contribution in [0.5, 0.6) is 5.75 Å². The van der Waals surface area contributed by atoms with Crippen LogP contribution >= 0.6 is 15.9 Å². The molecule has 1 amide bonds. The molecular weight excluding hydrogens is 367 g/mol. The molecule has 3 N–H and O–H groups in total. The highest BCUT2D eigenvalue weighted by Crippen LogP contribution is 2.29. The van der Waals surface area contributed by atoms with E-state index in [1.807, 2.05) is 13.8 Å². The van der Waals surface area contributed by atoms with Crippen LogP contribution in [0.2, 0.25) is 0 Å². The molecule has 118 valence electrons. The number of rotatable bonds is 6. The summed E-state index contributed by atoms with van der Waals surface area (Å²) < 4.78 is 41.4. The average Bonchev–Trinajstić information content (AvgIpc) is 2.30. The maximum atomic E-state index is 13.6. The van der Waals surface area contributed by atoms with E-state index in [4.69, 9.17) is 9.88 Å². The summed E-state index contributed by atoms with van der Waals surface area (Å²) in [5, 5.41) is 7.56. The van der Waals surface area contributed by atoms with Gasteiger partial charge < -0.3 is 10.1 Å². The van der Waals surface area contributed by atoms with E-state index in [-0.39, 0.29) is 35.2 Å². The fraction of sp³-hybridized carbons (Fsp3) is 0.417. The molecule has 0 unspecified atom stereocenters. The van der Waals surface area contributed by atoms with Crippen LogP contribution in [-0.2, 0) is 14.8 Å². The van der Waals surface area contributed by atoms with Crippen LogP contribution in [0.15, 0.2) is 21.5 Å². The predicted molar refractivity (Wildman–Crippen MR) is 78.9 cm³/mol. The standard InChI is InChI=1S/C12H16BrFN2O4S/c1-7(2)16-12(17)3-4-20-10-6-9(14)11(5-8(10)13)21(15,18)19/h5-7H,3-4H2,1-2H3,(H,16,17)(H2,15,18,19). The second kappa shape index (κ2) is 7.19. The van der Waals surface area contributed by atoms with Gasteiger partial charge in [-0.2, -0.15) is 0 Å². The Hall–Kier alpha value is -1.19. The summed E-state index contributed by atoms with van der Waals surface area (Å²) in [6.07, 6.45) is 0.100. The van der Waals surface area contributed by atoms with Crippen LogP contribution in [0.25, 0.3) is 0 Å². The molecule has 0 radical (unpaired) electrons. The van der Waals surface area contributed by atoms with Crippen LogP contribution in [0.4, 0.5) is 4.39 Å². The number of carbonyl (C=O) groups excluding carboxylic acids is 1. The summed E-state index contributed by atoms with van der Waals surface area (Å²) in [5.74, 6) is -1.11. The van der Waals surface area contributed by atoms with Crippen LogP contribution < -0.4 is 15.2 Å². The molecule has 0 spiro atoms. The minimum Gasteiger partial charge on any atom is -0.492 e. The van der Waals surface area contributed by atoms with Crippen LogP contribution in [0, 0.1) is 5.82 Å². The Labute approximate surface area is 131 Å². The Morgan fingerprint density at radius 2 is 2.10 bits per heavy atom. The smallest absolute Gasteiger partial charge is 0.241 e. The number of halogens is 2. The third-order valence-corrected chi connectivity index (χ3v) is 3.87. The van der Waals surface area contributed by atoms with Crippen molar-refractivity contribution in [1.82, 2.24) is 5.32 Å². The maximum Gasteiger partial charge on any atom is 0.241 e. The number of hydrogen-bond acceptors (Lipinski definition) is 4. The number of nitrogens with two attached hydrogens (primary N) is 1. The fourth-order valence-electron chi connectivity index (χ4n) is 1.49. The molecule has 0 aromatic heterocycles. The molecule has 0 saturated heterocycles. The summed E-state index contributed by atoms with van der Waals surface area (Å²) in [4.78, 5) is 10.8. The zero-order valence-corrected chi connectivity index (χ0v) is 13.9. The van der Waals surface area contributed by atoms with E-state index < -0.39 is 20.7 Å². The van der Waals surface area contributed by atoms with Gasteiger partial charge in [0.05, 0.1) is 17.5 Å². The maximum absolute atomic E-state index is 13.6. The lowest BCUT2D eigenvalue weighted by atomic mass is 10.3. The highest BCUT2D eigenvalue weighted by atomic mass is 79.9. The Bertz CT molecular complexity index is 634. The fourth-order valence-corrected chi connectivity index (χ4v) is 2.71.